The van der Waals surface area contributed by atoms with E-state index in [-0.39, 0.29) is 5.91 Å². The molecule has 38 heavy (non-hydrogen) atoms. The number of rotatable bonds is 8. The Bertz CT molecular complexity index is 1520. The lowest BCUT2D eigenvalue weighted by atomic mass is 9.94. The number of fused-ring (bicyclic) bond motifs is 1. The lowest BCUT2D eigenvalue weighted by molar-refractivity contribution is -0.113. The van der Waals surface area contributed by atoms with Gasteiger partial charge in [0.25, 0.3) is 5.91 Å². The number of ether oxygens (including phenoxy) is 3. The van der Waals surface area contributed by atoms with Gasteiger partial charge < -0.3 is 24.8 Å². The summed E-state index contributed by atoms with van der Waals surface area (Å²) in [5.41, 5.74) is 3.25. The summed E-state index contributed by atoms with van der Waals surface area (Å²) >= 11 is 6.10. The lowest BCUT2D eigenvalue weighted by Crippen LogP contribution is -2.31. The van der Waals surface area contributed by atoms with Crippen LogP contribution < -0.4 is 24.8 Å². The molecule has 0 radical (unpaired) electrons. The van der Waals surface area contributed by atoms with E-state index in [2.05, 4.69) is 26.2 Å². The molecule has 10 nitrogen and oxygen atoms in total. The molecule has 194 valence electrons. The first-order valence-electron chi connectivity index (χ1n) is 11.7. The normalized spacial score (nSPS) is 14.4. The van der Waals surface area contributed by atoms with Crippen LogP contribution in [0.5, 0.6) is 17.2 Å². The monoisotopic (exact) mass is 532 g/mol. The molecule has 11 heteroatoms. The molecule has 0 bridgehead atoms. The van der Waals surface area contributed by atoms with Crippen LogP contribution in [0.1, 0.15) is 24.1 Å². The number of nitrogens with one attached hydrogen (secondary N) is 2. The maximum atomic E-state index is 13.7. The Morgan fingerprint density at radius 1 is 1.03 bits per heavy atom. The number of para-hydroxylation sites is 2. The highest BCUT2D eigenvalue weighted by atomic mass is 35.5. The summed E-state index contributed by atoms with van der Waals surface area (Å²) in [6, 6.07) is 19.5. The zero-order valence-electron chi connectivity index (χ0n) is 20.9. The van der Waals surface area contributed by atoms with Gasteiger partial charge in [0, 0.05) is 10.7 Å². The molecule has 1 aliphatic heterocycles. The van der Waals surface area contributed by atoms with Crippen molar-refractivity contribution >= 4 is 29.1 Å². The van der Waals surface area contributed by atoms with Gasteiger partial charge in [0.1, 0.15) is 18.4 Å². The smallest absolute Gasteiger partial charge is 0.255 e. The molecule has 0 saturated heterocycles. The first-order chi connectivity index (χ1) is 18.5. The van der Waals surface area contributed by atoms with Crippen LogP contribution in [0.15, 0.2) is 78.0 Å². The van der Waals surface area contributed by atoms with Gasteiger partial charge in [-0.2, -0.15) is 4.68 Å². The summed E-state index contributed by atoms with van der Waals surface area (Å²) in [6.45, 7) is 2.12. The Morgan fingerprint density at radius 2 is 1.84 bits per heavy atom. The fourth-order valence-electron chi connectivity index (χ4n) is 4.31. The quantitative estimate of drug-likeness (QED) is 0.331. The number of hydrogen-bond donors (Lipinski definition) is 2. The van der Waals surface area contributed by atoms with Crippen molar-refractivity contribution in [3.63, 3.8) is 0 Å². The Morgan fingerprint density at radius 3 is 2.63 bits per heavy atom. The highest BCUT2D eigenvalue weighted by Gasteiger charge is 2.35. The third-order valence-electron chi connectivity index (χ3n) is 6.10. The second-order valence-corrected chi connectivity index (χ2v) is 8.93. The van der Waals surface area contributed by atoms with Crippen LogP contribution in [0, 0.1) is 0 Å². The summed E-state index contributed by atoms with van der Waals surface area (Å²) in [5, 5.41) is 18.7. The molecule has 2 heterocycles. The van der Waals surface area contributed by atoms with Gasteiger partial charge in [-0.3, -0.25) is 4.79 Å². The minimum absolute atomic E-state index is 0.312. The van der Waals surface area contributed by atoms with E-state index in [0.29, 0.717) is 51.8 Å². The summed E-state index contributed by atoms with van der Waals surface area (Å²) in [4.78, 5) is 13.7. The number of allylic oxidation sites excluding steroid dienone is 1. The first kappa shape index (κ1) is 25.1. The van der Waals surface area contributed by atoms with Gasteiger partial charge in [0.2, 0.25) is 5.95 Å². The number of aromatic nitrogens is 4. The molecule has 1 unspecified atom stereocenters. The number of amides is 1. The summed E-state index contributed by atoms with van der Waals surface area (Å²) in [5.74, 6) is 1.68. The zero-order chi connectivity index (χ0) is 26.6. The summed E-state index contributed by atoms with van der Waals surface area (Å²) in [6.07, 6.45) is 0. The summed E-state index contributed by atoms with van der Waals surface area (Å²) in [7, 11) is 3.11. The second kappa shape index (κ2) is 10.8. The van der Waals surface area contributed by atoms with Crippen molar-refractivity contribution in [1.29, 1.82) is 0 Å². The minimum Gasteiger partial charge on any atom is -0.495 e. The maximum Gasteiger partial charge on any atom is 0.255 e. The van der Waals surface area contributed by atoms with E-state index in [0.717, 1.165) is 11.1 Å². The zero-order valence-corrected chi connectivity index (χ0v) is 21.7. The molecule has 0 spiro atoms. The van der Waals surface area contributed by atoms with Crippen molar-refractivity contribution in [3.05, 3.63) is 94.1 Å². The van der Waals surface area contributed by atoms with Crippen LogP contribution in [0.25, 0.3) is 0 Å². The molecule has 2 N–H and O–H groups in total. The molecule has 4 aromatic rings. The van der Waals surface area contributed by atoms with Gasteiger partial charge in [-0.1, -0.05) is 47.0 Å². The largest absolute Gasteiger partial charge is 0.495 e. The van der Waals surface area contributed by atoms with Gasteiger partial charge in [-0.05, 0) is 64.9 Å². The molecular formula is C27H25ClN6O4. The van der Waals surface area contributed by atoms with Crippen LogP contribution in [0.3, 0.4) is 0 Å². The third-order valence-corrected chi connectivity index (χ3v) is 6.34. The molecule has 0 saturated carbocycles. The van der Waals surface area contributed by atoms with E-state index in [9.17, 15) is 4.79 Å². The highest BCUT2D eigenvalue weighted by Crippen LogP contribution is 2.39. The maximum absolute atomic E-state index is 13.7. The van der Waals surface area contributed by atoms with Crippen molar-refractivity contribution in [3.8, 4) is 17.2 Å². The van der Waals surface area contributed by atoms with Crippen LogP contribution in [0.4, 0.5) is 11.6 Å². The van der Waals surface area contributed by atoms with Gasteiger partial charge in [0.15, 0.2) is 11.5 Å². The van der Waals surface area contributed by atoms with Gasteiger partial charge >= 0.3 is 0 Å². The standard InChI is InChI=1S/C27H25ClN6O4/c1-16-24(26(35)30-20-9-4-5-10-21(20)36-2)25(34-27(29-16)31-32-33-34)18-11-12-22(23(14-18)37-3)38-15-17-7-6-8-19(28)13-17/h4-14,25H,15H2,1-3H3,(H,30,35)(H,29,31,33). The van der Waals surface area contributed by atoms with E-state index in [1.165, 1.54) is 0 Å². The molecule has 5 rings (SSSR count). The lowest BCUT2D eigenvalue weighted by Gasteiger charge is -2.28. The number of tetrazole rings is 1. The second-order valence-electron chi connectivity index (χ2n) is 8.50. The third kappa shape index (κ3) is 4.98. The Kier molecular flexibility index (Phi) is 7.14. The average molecular weight is 533 g/mol. The van der Waals surface area contributed by atoms with E-state index < -0.39 is 6.04 Å². The number of methoxy groups -OCH3 is 2. The topological polar surface area (TPSA) is 112 Å². The summed E-state index contributed by atoms with van der Waals surface area (Å²) < 4.78 is 18.6. The van der Waals surface area contributed by atoms with Crippen LogP contribution in [0.2, 0.25) is 5.02 Å². The SMILES string of the molecule is COc1ccccc1NC(=O)C1=C(C)Nc2nnnn2C1c1ccc(OCc2cccc(Cl)c2)c(OC)c1. The van der Waals surface area contributed by atoms with Gasteiger partial charge in [0.05, 0.1) is 25.5 Å². The van der Waals surface area contributed by atoms with E-state index in [1.54, 1.807) is 37.1 Å². The van der Waals surface area contributed by atoms with Crippen molar-refractivity contribution < 1.29 is 19.0 Å². The molecule has 1 amide bonds. The number of carbonyl (C=O) groups excluding carboxylic acids is 1. The fourth-order valence-corrected chi connectivity index (χ4v) is 4.53. The molecule has 1 aromatic heterocycles. The minimum atomic E-state index is -0.633. The Labute approximate surface area is 224 Å². The number of carbonyl (C=O) groups is 1. The average Bonchev–Trinajstić information content (AvgIpc) is 3.39. The molecule has 1 atom stereocenters. The van der Waals surface area contributed by atoms with Crippen LogP contribution in [-0.2, 0) is 11.4 Å². The predicted molar refractivity (Wildman–Crippen MR) is 143 cm³/mol. The number of nitrogens with zero attached hydrogens (tertiary/aromatic N) is 4. The number of benzene rings is 3. The number of hydrogen-bond acceptors (Lipinski definition) is 8. The fraction of sp³-hybridized carbons (Fsp3) is 0.185. The molecule has 3 aromatic carbocycles. The van der Waals surface area contributed by atoms with Crippen LogP contribution >= 0.6 is 11.6 Å². The van der Waals surface area contributed by atoms with E-state index >= 15 is 0 Å². The van der Waals surface area contributed by atoms with Crippen LogP contribution in [-0.4, -0.2) is 40.3 Å². The number of halogens is 1. The number of anilines is 2. The Balaban J connectivity index is 1.48. The van der Waals surface area contributed by atoms with Gasteiger partial charge in [-0.15, -0.1) is 0 Å². The molecule has 0 aliphatic carbocycles. The van der Waals surface area contributed by atoms with Crippen molar-refractivity contribution in [2.24, 2.45) is 0 Å². The van der Waals surface area contributed by atoms with Crippen molar-refractivity contribution in [2.75, 3.05) is 24.9 Å². The first-order valence-corrected chi connectivity index (χ1v) is 12.1. The molecule has 1 aliphatic rings. The van der Waals surface area contributed by atoms with Crippen molar-refractivity contribution in [1.82, 2.24) is 20.2 Å². The predicted octanol–water partition coefficient (Wildman–Crippen LogP) is 4.85. The molecule has 0 fully saturated rings. The van der Waals surface area contributed by atoms with E-state index in [4.69, 9.17) is 25.8 Å². The van der Waals surface area contributed by atoms with Gasteiger partial charge in [-0.25, -0.2) is 0 Å². The highest BCUT2D eigenvalue weighted by molar-refractivity contribution is 6.30. The Hall–Kier alpha value is -4.57. The van der Waals surface area contributed by atoms with E-state index in [1.807, 2.05) is 55.5 Å². The molecular weight excluding hydrogens is 508 g/mol. The van der Waals surface area contributed by atoms with Crippen molar-refractivity contribution in [2.45, 2.75) is 19.6 Å².